The van der Waals surface area contributed by atoms with Crippen molar-refractivity contribution in [1.29, 1.82) is 0 Å². The van der Waals surface area contributed by atoms with E-state index >= 15 is 0 Å². The van der Waals surface area contributed by atoms with Crippen LogP contribution in [0, 0.1) is 0 Å². The molecule has 1 aromatic rings. The van der Waals surface area contributed by atoms with Crippen LogP contribution in [0.3, 0.4) is 0 Å². The summed E-state index contributed by atoms with van der Waals surface area (Å²) < 4.78 is 24.7. The minimum absolute atomic E-state index is 0.00546. The maximum Gasteiger partial charge on any atom is 0.263 e. The number of benzene rings is 1. The van der Waals surface area contributed by atoms with Gasteiger partial charge in [-0.05, 0) is 13.0 Å². The van der Waals surface area contributed by atoms with Gasteiger partial charge in [0.1, 0.15) is 0 Å². The van der Waals surface area contributed by atoms with Gasteiger partial charge in [0.15, 0.2) is 12.1 Å². The van der Waals surface area contributed by atoms with Crippen molar-refractivity contribution in [3.63, 3.8) is 0 Å². The highest BCUT2D eigenvalue weighted by Gasteiger charge is 2.17. The number of hydrogen-bond acceptors (Lipinski definition) is 2. The second-order valence-electron chi connectivity index (χ2n) is 3.25. The fraction of sp³-hybridized carbons (Fsp3) is 0.273. The quantitative estimate of drug-likeness (QED) is 0.484. The average Bonchev–Trinajstić information content (AvgIpc) is 2.26. The summed E-state index contributed by atoms with van der Waals surface area (Å²) in [7, 11) is 0. The summed E-state index contributed by atoms with van der Waals surface area (Å²) in [6.45, 7) is 1.61. The lowest BCUT2D eigenvalue weighted by atomic mass is 10.0. The van der Waals surface area contributed by atoms with Gasteiger partial charge < -0.3 is 0 Å². The molecule has 1 atom stereocenters. The van der Waals surface area contributed by atoms with Gasteiger partial charge in [-0.1, -0.05) is 28.1 Å². The molecule has 0 saturated carbocycles. The molecule has 1 rings (SSSR count). The van der Waals surface area contributed by atoms with Gasteiger partial charge in [0.2, 0.25) is 0 Å². The standard InChI is InChI=1S/C11H9BrF2O2/c1-6(12)10(16)9-3-2-7(11(13)14)4-8(9)5-15/h2-6,11H,1H3. The van der Waals surface area contributed by atoms with Crippen molar-refractivity contribution in [2.24, 2.45) is 0 Å². The zero-order valence-corrected chi connectivity index (χ0v) is 10.0. The van der Waals surface area contributed by atoms with E-state index in [0.717, 1.165) is 12.1 Å². The summed E-state index contributed by atoms with van der Waals surface area (Å²) in [5.74, 6) is -0.303. The maximum absolute atomic E-state index is 12.4. The summed E-state index contributed by atoms with van der Waals surface area (Å²) in [5.41, 5.74) is -0.112. The number of alkyl halides is 3. The maximum atomic E-state index is 12.4. The van der Waals surface area contributed by atoms with Crippen molar-refractivity contribution in [3.8, 4) is 0 Å². The Labute approximate surface area is 99.8 Å². The molecule has 86 valence electrons. The Hall–Kier alpha value is -1.10. The lowest BCUT2D eigenvalue weighted by Crippen LogP contribution is -2.12. The minimum Gasteiger partial charge on any atom is -0.298 e. The topological polar surface area (TPSA) is 34.1 Å². The molecule has 0 bridgehead atoms. The van der Waals surface area contributed by atoms with Crippen LogP contribution in [0.1, 0.15) is 39.6 Å². The molecule has 0 aromatic heterocycles. The van der Waals surface area contributed by atoms with E-state index in [2.05, 4.69) is 15.9 Å². The van der Waals surface area contributed by atoms with Crippen molar-refractivity contribution >= 4 is 28.0 Å². The highest BCUT2D eigenvalue weighted by molar-refractivity contribution is 9.10. The van der Waals surface area contributed by atoms with Crippen LogP contribution < -0.4 is 0 Å². The second-order valence-corrected chi connectivity index (χ2v) is 4.62. The van der Waals surface area contributed by atoms with E-state index in [1.165, 1.54) is 6.07 Å². The lowest BCUT2D eigenvalue weighted by Gasteiger charge is -2.07. The minimum atomic E-state index is -2.65. The van der Waals surface area contributed by atoms with Crippen LogP contribution in [0.15, 0.2) is 18.2 Å². The molecule has 0 aliphatic heterocycles. The molecule has 0 saturated heterocycles. The Bertz CT molecular complexity index is 416. The predicted octanol–water partition coefficient (Wildman–Crippen LogP) is 3.40. The first kappa shape index (κ1) is 13.0. The van der Waals surface area contributed by atoms with E-state index in [4.69, 9.17) is 0 Å². The molecule has 2 nitrogen and oxygen atoms in total. The van der Waals surface area contributed by atoms with Gasteiger partial charge >= 0.3 is 0 Å². The van der Waals surface area contributed by atoms with Gasteiger partial charge in [0.05, 0.1) is 4.83 Å². The van der Waals surface area contributed by atoms with Crippen molar-refractivity contribution < 1.29 is 18.4 Å². The van der Waals surface area contributed by atoms with Crippen LogP contribution in [0.2, 0.25) is 0 Å². The van der Waals surface area contributed by atoms with Gasteiger partial charge in [-0.15, -0.1) is 0 Å². The van der Waals surface area contributed by atoms with Crippen LogP contribution in [0.5, 0.6) is 0 Å². The zero-order chi connectivity index (χ0) is 12.3. The van der Waals surface area contributed by atoms with Gasteiger partial charge in [-0.2, -0.15) is 0 Å². The molecule has 1 unspecified atom stereocenters. The number of carbonyl (C=O) groups excluding carboxylic acids is 2. The summed E-state index contributed by atoms with van der Waals surface area (Å²) in [6.07, 6.45) is -2.24. The molecule has 0 radical (unpaired) electrons. The number of aldehydes is 1. The number of Topliss-reactive ketones (excluding diaryl/α,β-unsaturated/α-hetero) is 1. The molecule has 16 heavy (non-hydrogen) atoms. The number of ketones is 1. The van der Waals surface area contributed by atoms with Gasteiger partial charge in [0.25, 0.3) is 6.43 Å². The van der Waals surface area contributed by atoms with E-state index in [1.54, 1.807) is 6.92 Å². The van der Waals surface area contributed by atoms with Crippen molar-refractivity contribution in [1.82, 2.24) is 0 Å². The molecule has 0 aliphatic rings. The molecule has 0 amide bonds. The first-order valence-corrected chi connectivity index (χ1v) is 5.44. The molecule has 0 spiro atoms. The Kier molecular flexibility index (Phi) is 4.29. The van der Waals surface area contributed by atoms with Crippen LogP contribution in [-0.2, 0) is 0 Å². The van der Waals surface area contributed by atoms with E-state index in [1.807, 2.05) is 0 Å². The Morgan fingerprint density at radius 2 is 2.06 bits per heavy atom. The SMILES string of the molecule is CC(Br)C(=O)c1ccc(C(F)F)cc1C=O. The highest BCUT2D eigenvalue weighted by atomic mass is 79.9. The molecule has 0 fully saturated rings. The molecule has 0 aliphatic carbocycles. The van der Waals surface area contributed by atoms with E-state index in [-0.39, 0.29) is 22.5 Å². The highest BCUT2D eigenvalue weighted by Crippen LogP contribution is 2.22. The fourth-order valence-electron chi connectivity index (χ4n) is 1.25. The van der Waals surface area contributed by atoms with E-state index in [9.17, 15) is 18.4 Å². The monoisotopic (exact) mass is 290 g/mol. The molecule has 0 heterocycles. The van der Waals surface area contributed by atoms with Crippen LogP contribution in [-0.4, -0.2) is 16.9 Å². The number of hydrogen-bond donors (Lipinski definition) is 0. The van der Waals surface area contributed by atoms with E-state index < -0.39 is 11.3 Å². The molecule has 0 N–H and O–H groups in total. The Morgan fingerprint density at radius 3 is 2.50 bits per heavy atom. The van der Waals surface area contributed by atoms with Gasteiger partial charge in [0, 0.05) is 16.7 Å². The molecular weight excluding hydrogens is 282 g/mol. The van der Waals surface area contributed by atoms with Crippen LogP contribution >= 0.6 is 15.9 Å². The third kappa shape index (κ3) is 2.72. The molecule has 1 aromatic carbocycles. The van der Waals surface area contributed by atoms with Crippen molar-refractivity contribution in [3.05, 3.63) is 34.9 Å². The smallest absolute Gasteiger partial charge is 0.263 e. The lowest BCUT2D eigenvalue weighted by molar-refractivity contribution is 0.0988. The Balaban J connectivity index is 3.22. The predicted molar refractivity (Wildman–Crippen MR) is 59.5 cm³/mol. The normalized spacial score (nSPS) is 12.6. The van der Waals surface area contributed by atoms with Crippen molar-refractivity contribution in [2.75, 3.05) is 0 Å². The Morgan fingerprint density at radius 1 is 1.44 bits per heavy atom. The first-order chi connectivity index (χ1) is 7.47. The second kappa shape index (κ2) is 5.30. The van der Waals surface area contributed by atoms with Gasteiger partial charge in [-0.3, -0.25) is 9.59 Å². The molecule has 5 heteroatoms. The zero-order valence-electron chi connectivity index (χ0n) is 8.41. The number of halogens is 3. The third-order valence-corrected chi connectivity index (χ3v) is 2.50. The summed E-state index contributed by atoms with van der Waals surface area (Å²) in [6, 6.07) is 3.45. The van der Waals surface area contributed by atoms with Crippen LogP contribution in [0.4, 0.5) is 8.78 Å². The van der Waals surface area contributed by atoms with Crippen molar-refractivity contribution in [2.45, 2.75) is 18.2 Å². The van der Waals surface area contributed by atoms with Crippen LogP contribution in [0.25, 0.3) is 0 Å². The number of rotatable bonds is 4. The third-order valence-electron chi connectivity index (χ3n) is 2.08. The fourth-order valence-corrected chi connectivity index (χ4v) is 1.50. The van der Waals surface area contributed by atoms with Gasteiger partial charge in [-0.25, -0.2) is 8.78 Å². The average molecular weight is 291 g/mol. The molecular formula is C11H9BrF2O2. The summed E-state index contributed by atoms with van der Waals surface area (Å²) >= 11 is 3.07. The summed E-state index contributed by atoms with van der Waals surface area (Å²) in [5, 5.41) is 0. The first-order valence-electron chi connectivity index (χ1n) is 4.53. The summed E-state index contributed by atoms with van der Waals surface area (Å²) in [4.78, 5) is 21.9. The number of carbonyl (C=O) groups is 2. The largest absolute Gasteiger partial charge is 0.298 e. The van der Waals surface area contributed by atoms with E-state index in [0.29, 0.717) is 6.29 Å².